The van der Waals surface area contributed by atoms with Crippen LogP contribution in [0.4, 0.5) is 0 Å². The number of fused-ring (bicyclic) bond motifs is 1. The van der Waals surface area contributed by atoms with Crippen molar-refractivity contribution in [2.45, 2.75) is 6.92 Å². The molecule has 2 N–H and O–H groups in total. The first kappa shape index (κ1) is 6.09. The van der Waals surface area contributed by atoms with Crippen LogP contribution in [0.3, 0.4) is 0 Å². The van der Waals surface area contributed by atoms with Gasteiger partial charge in [0.05, 0.1) is 0 Å². The van der Waals surface area contributed by atoms with E-state index in [2.05, 4.69) is 20.3 Å². The molecule has 0 spiro atoms. The molecule has 1 radical (unpaired) electrons. The van der Waals surface area contributed by atoms with Gasteiger partial charge in [-0.2, -0.15) is 0 Å². The molecule has 0 unspecified atom stereocenters. The molecule has 0 amide bonds. The third kappa shape index (κ3) is 0.813. The van der Waals surface area contributed by atoms with Crippen LogP contribution in [0.1, 0.15) is 6.92 Å². The first-order valence-electron chi connectivity index (χ1n) is 3.15. The van der Waals surface area contributed by atoms with E-state index in [0.29, 0.717) is 23.2 Å². The molecule has 55 valence electrons. The third-order valence-corrected chi connectivity index (χ3v) is 1.37. The maximum atomic E-state index is 5.55. The monoisotopic (exact) mass is 148 g/mol. The lowest BCUT2D eigenvalue weighted by Crippen LogP contribution is -2.27. The second-order valence-corrected chi connectivity index (χ2v) is 2.20. The Morgan fingerprint density at radius 3 is 3.09 bits per heavy atom. The lowest BCUT2D eigenvalue weighted by Gasteiger charge is -2.09. The first-order chi connectivity index (χ1) is 5.27. The van der Waals surface area contributed by atoms with Gasteiger partial charge in [-0.15, -0.1) is 0 Å². The number of amidine groups is 2. The summed E-state index contributed by atoms with van der Waals surface area (Å²) in [6.07, 6.45) is 1.43. The lowest BCUT2D eigenvalue weighted by molar-refractivity contribution is 1.10. The standard InChI is InChI=1S/C6H6N5/c1-3-10-5(7)4-6(11-3)9-2-8-4/h2H,7H2,1H3. The Balaban J connectivity index is 2.51. The molecule has 0 aromatic rings. The predicted molar refractivity (Wildman–Crippen MR) is 42.4 cm³/mol. The minimum Gasteiger partial charge on any atom is -0.382 e. The zero-order valence-electron chi connectivity index (χ0n) is 5.94. The van der Waals surface area contributed by atoms with E-state index in [1.54, 1.807) is 6.92 Å². The SMILES string of the molecule is CC1=NC(N)=C2N=CN=C2[N]1. The van der Waals surface area contributed by atoms with Crippen LogP contribution in [-0.2, 0) is 0 Å². The fourth-order valence-electron chi connectivity index (χ4n) is 0.928. The number of aliphatic imine (C=N–C) groups is 3. The Labute approximate surface area is 63.4 Å². The topological polar surface area (TPSA) is 77.2 Å². The molecule has 5 heteroatoms. The van der Waals surface area contributed by atoms with Crippen molar-refractivity contribution in [2.75, 3.05) is 0 Å². The molecule has 0 bridgehead atoms. The quantitative estimate of drug-likeness (QED) is 0.498. The molecule has 5 nitrogen and oxygen atoms in total. The van der Waals surface area contributed by atoms with E-state index in [-0.39, 0.29) is 0 Å². The van der Waals surface area contributed by atoms with Crippen LogP contribution >= 0.6 is 0 Å². The minimum atomic E-state index is 0.394. The van der Waals surface area contributed by atoms with Crippen LogP contribution in [0.15, 0.2) is 26.5 Å². The van der Waals surface area contributed by atoms with Crippen molar-refractivity contribution in [3.63, 3.8) is 0 Å². The van der Waals surface area contributed by atoms with Gasteiger partial charge in [-0.1, -0.05) is 0 Å². The van der Waals surface area contributed by atoms with Crippen molar-refractivity contribution in [3.05, 3.63) is 11.5 Å². The summed E-state index contributed by atoms with van der Waals surface area (Å²) in [4.78, 5) is 11.7. The van der Waals surface area contributed by atoms with E-state index in [9.17, 15) is 0 Å². The summed E-state index contributed by atoms with van der Waals surface area (Å²) in [7, 11) is 0. The Hall–Kier alpha value is -1.65. The Kier molecular flexibility index (Phi) is 1.06. The van der Waals surface area contributed by atoms with Gasteiger partial charge < -0.3 is 5.73 Å². The molecule has 2 rings (SSSR count). The molecule has 2 aliphatic heterocycles. The predicted octanol–water partition coefficient (Wildman–Crippen LogP) is -0.409. The fourth-order valence-corrected chi connectivity index (χ4v) is 0.928. The zero-order chi connectivity index (χ0) is 7.84. The molecule has 2 aliphatic rings. The molecule has 0 saturated carbocycles. The van der Waals surface area contributed by atoms with Gasteiger partial charge in [0, 0.05) is 0 Å². The van der Waals surface area contributed by atoms with Crippen molar-refractivity contribution in [1.29, 1.82) is 0 Å². The van der Waals surface area contributed by atoms with Crippen LogP contribution in [0.25, 0.3) is 0 Å². The van der Waals surface area contributed by atoms with E-state index in [1.165, 1.54) is 6.34 Å². The number of hydrogen-bond acceptors (Lipinski definition) is 4. The van der Waals surface area contributed by atoms with Crippen LogP contribution in [0.5, 0.6) is 0 Å². The van der Waals surface area contributed by atoms with Crippen molar-refractivity contribution < 1.29 is 0 Å². The highest BCUT2D eigenvalue weighted by Gasteiger charge is 2.20. The zero-order valence-corrected chi connectivity index (χ0v) is 5.94. The molecule has 0 aromatic carbocycles. The highest BCUT2D eigenvalue weighted by atomic mass is 15.2. The van der Waals surface area contributed by atoms with Gasteiger partial charge in [0.1, 0.15) is 12.2 Å². The van der Waals surface area contributed by atoms with Gasteiger partial charge in [0.25, 0.3) is 0 Å². The molecule has 0 fully saturated rings. The average molecular weight is 148 g/mol. The largest absolute Gasteiger partial charge is 0.382 e. The van der Waals surface area contributed by atoms with Gasteiger partial charge >= 0.3 is 0 Å². The number of nitrogens with two attached hydrogens (primary N) is 1. The fraction of sp³-hybridized carbons (Fsp3) is 0.167. The summed E-state index contributed by atoms with van der Waals surface area (Å²) >= 11 is 0. The van der Waals surface area contributed by atoms with Crippen molar-refractivity contribution in [2.24, 2.45) is 20.7 Å². The van der Waals surface area contributed by atoms with Crippen LogP contribution < -0.4 is 11.1 Å². The summed E-state index contributed by atoms with van der Waals surface area (Å²) in [6, 6.07) is 0. The molecule has 11 heavy (non-hydrogen) atoms. The molecular weight excluding hydrogens is 142 g/mol. The lowest BCUT2D eigenvalue weighted by atomic mass is 10.3. The summed E-state index contributed by atoms with van der Waals surface area (Å²) in [5, 5.41) is 4.03. The van der Waals surface area contributed by atoms with Gasteiger partial charge in [-0.25, -0.2) is 20.3 Å². The van der Waals surface area contributed by atoms with E-state index < -0.39 is 0 Å². The first-order valence-corrected chi connectivity index (χ1v) is 3.15. The third-order valence-electron chi connectivity index (χ3n) is 1.37. The van der Waals surface area contributed by atoms with Crippen molar-refractivity contribution >= 4 is 18.0 Å². The highest BCUT2D eigenvalue weighted by molar-refractivity contribution is 6.15. The molecule has 0 saturated heterocycles. The summed E-state index contributed by atoms with van der Waals surface area (Å²) < 4.78 is 0. The molecule has 0 aromatic heterocycles. The number of hydrogen-bond donors (Lipinski definition) is 1. The molecule has 0 aliphatic carbocycles. The van der Waals surface area contributed by atoms with E-state index in [4.69, 9.17) is 5.73 Å². The van der Waals surface area contributed by atoms with Gasteiger partial charge in [-0.05, 0) is 6.92 Å². The Bertz CT molecular complexity index is 320. The smallest absolute Gasteiger partial charge is 0.185 e. The number of nitrogens with zero attached hydrogens (tertiary/aromatic N) is 4. The van der Waals surface area contributed by atoms with E-state index in [0.717, 1.165) is 0 Å². The normalized spacial score (nSPS) is 20.8. The Morgan fingerprint density at radius 1 is 1.45 bits per heavy atom. The van der Waals surface area contributed by atoms with Gasteiger partial charge in [0.2, 0.25) is 0 Å². The van der Waals surface area contributed by atoms with Crippen LogP contribution in [0.2, 0.25) is 0 Å². The Morgan fingerprint density at radius 2 is 2.27 bits per heavy atom. The summed E-state index contributed by atoms with van der Waals surface area (Å²) in [5.74, 6) is 1.58. The van der Waals surface area contributed by atoms with Crippen molar-refractivity contribution in [3.8, 4) is 0 Å². The van der Waals surface area contributed by atoms with E-state index >= 15 is 0 Å². The number of rotatable bonds is 0. The minimum absolute atomic E-state index is 0.394. The average Bonchev–Trinajstić information content (AvgIpc) is 2.34. The van der Waals surface area contributed by atoms with Crippen LogP contribution in [-0.4, -0.2) is 18.0 Å². The maximum absolute atomic E-state index is 5.55. The second-order valence-electron chi connectivity index (χ2n) is 2.20. The van der Waals surface area contributed by atoms with Crippen LogP contribution in [0, 0.1) is 0 Å². The molecule has 0 atom stereocenters. The maximum Gasteiger partial charge on any atom is 0.185 e. The highest BCUT2D eigenvalue weighted by Crippen LogP contribution is 2.12. The summed E-state index contributed by atoms with van der Waals surface area (Å²) in [5.41, 5.74) is 6.13. The second kappa shape index (κ2) is 1.91. The van der Waals surface area contributed by atoms with Gasteiger partial charge in [-0.3, -0.25) is 0 Å². The molecule has 2 heterocycles. The summed E-state index contributed by atoms with van der Waals surface area (Å²) in [6.45, 7) is 1.77. The van der Waals surface area contributed by atoms with Crippen molar-refractivity contribution in [1.82, 2.24) is 5.32 Å². The molecular formula is C6H6N5. The van der Waals surface area contributed by atoms with Gasteiger partial charge in [0.15, 0.2) is 17.4 Å². The van der Waals surface area contributed by atoms with E-state index in [1.807, 2.05) is 0 Å².